The number of fused-ring (bicyclic) bond motifs is 1. The van der Waals surface area contributed by atoms with Crippen LogP contribution in [0.25, 0.3) is 0 Å². The van der Waals surface area contributed by atoms with Gasteiger partial charge in [0.25, 0.3) is 5.91 Å². The molecule has 0 aromatic heterocycles. The van der Waals surface area contributed by atoms with E-state index in [1.807, 2.05) is 11.8 Å². The van der Waals surface area contributed by atoms with E-state index in [4.69, 9.17) is 9.94 Å². The second kappa shape index (κ2) is 7.74. The SMILES string of the molecule is CC1COc2cc(C(=O)NO)ccc2CN1C(=O)C1CCN(C=O)CC1. The second-order valence-electron chi connectivity index (χ2n) is 6.81. The number of nitrogens with one attached hydrogen (secondary N) is 1. The summed E-state index contributed by atoms with van der Waals surface area (Å²) in [6.45, 7) is 3.88. The average Bonchev–Trinajstić information content (AvgIpc) is 2.85. The summed E-state index contributed by atoms with van der Waals surface area (Å²) in [6, 6.07) is 4.81. The molecule has 1 unspecified atom stereocenters. The number of benzene rings is 1. The Morgan fingerprint density at radius 3 is 2.69 bits per heavy atom. The molecule has 1 aromatic rings. The van der Waals surface area contributed by atoms with Gasteiger partial charge in [-0.05, 0) is 31.9 Å². The van der Waals surface area contributed by atoms with Crippen molar-refractivity contribution in [2.24, 2.45) is 5.92 Å². The number of carbonyl (C=O) groups is 3. The van der Waals surface area contributed by atoms with Gasteiger partial charge in [-0.2, -0.15) is 0 Å². The summed E-state index contributed by atoms with van der Waals surface area (Å²) in [4.78, 5) is 38.9. The highest BCUT2D eigenvalue weighted by atomic mass is 16.5. The van der Waals surface area contributed by atoms with E-state index in [0.717, 1.165) is 12.0 Å². The van der Waals surface area contributed by atoms with E-state index in [0.29, 0.717) is 50.4 Å². The van der Waals surface area contributed by atoms with Gasteiger partial charge in [0.2, 0.25) is 12.3 Å². The van der Waals surface area contributed by atoms with Crippen LogP contribution in [0.5, 0.6) is 5.75 Å². The van der Waals surface area contributed by atoms with Gasteiger partial charge in [-0.3, -0.25) is 19.6 Å². The summed E-state index contributed by atoms with van der Waals surface area (Å²) in [7, 11) is 0. The molecule has 8 heteroatoms. The third kappa shape index (κ3) is 3.65. The van der Waals surface area contributed by atoms with Gasteiger partial charge in [0.05, 0.1) is 6.04 Å². The fraction of sp³-hybridized carbons (Fsp3) is 0.500. The Kier molecular flexibility index (Phi) is 5.41. The predicted molar refractivity (Wildman–Crippen MR) is 91.6 cm³/mol. The standard InChI is InChI=1S/C18H23N3O5/c1-12-10-26-16-8-14(17(23)19-25)2-3-15(16)9-21(12)18(24)13-4-6-20(11-22)7-5-13/h2-3,8,11-13,25H,4-7,9-10H2,1H3,(H,19,23). The maximum Gasteiger partial charge on any atom is 0.274 e. The Morgan fingerprint density at radius 1 is 1.31 bits per heavy atom. The molecule has 1 aromatic carbocycles. The highest BCUT2D eigenvalue weighted by molar-refractivity contribution is 5.93. The van der Waals surface area contributed by atoms with Crippen molar-refractivity contribution in [3.63, 3.8) is 0 Å². The molecule has 140 valence electrons. The fourth-order valence-electron chi connectivity index (χ4n) is 3.45. The number of piperidine rings is 1. The average molecular weight is 361 g/mol. The van der Waals surface area contributed by atoms with E-state index in [9.17, 15) is 14.4 Å². The van der Waals surface area contributed by atoms with Crippen LogP contribution in [-0.2, 0) is 16.1 Å². The zero-order valence-electron chi connectivity index (χ0n) is 14.7. The summed E-state index contributed by atoms with van der Waals surface area (Å²) in [5.74, 6) is -0.0705. The molecule has 0 spiro atoms. The number of hydrogen-bond donors (Lipinski definition) is 2. The molecular formula is C18H23N3O5. The van der Waals surface area contributed by atoms with Crippen LogP contribution in [0.2, 0.25) is 0 Å². The summed E-state index contributed by atoms with van der Waals surface area (Å²) in [5, 5.41) is 8.77. The van der Waals surface area contributed by atoms with Crippen molar-refractivity contribution < 1.29 is 24.3 Å². The van der Waals surface area contributed by atoms with Crippen LogP contribution >= 0.6 is 0 Å². The van der Waals surface area contributed by atoms with Crippen LogP contribution in [0.1, 0.15) is 35.7 Å². The Hall–Kier alpha value is -2.61. The van der Waals surface area contributed by atoms with E-state index >= 15 is 0 Å². The molecular weight excluding hydrogens is 338 g/mol. The molecule has 1 saturated heterocycles. The van der Waals surface area contributed by atoms with Crippen molar-refractivity contribution in [3.8, 4) is 5.75 Å². The number of hydrogen-bond acceptors (Lipinski definition) is 5. The molecule has 0 radical (unpaired) electrons. The minimum absolute atomic E-state index is 0.0803. The number of nitrogens with zero attached hydrogens (tertiary/aromatic N) is 2. The fourth-order valence-corrected chi connectivity index (χ4v) is 3.45. The van der Waals surface area contributed by atoms with Gasteiger partial charge in [-0.1, -0.05) is 6.07 Å². The van der Waals surface area contributed by atoms with Gasteiger partial charge in [-0.25, -0.2) is 5.48 Å². The molecule has 0 aliphatic carbocycles. The van der Waals surface area contributed by atoms with E-state index in [2.05, 4.69) is 0 Å². The van der Waals surface area contributed by atoms with Crippen LogP contribution in [0.3, 0.4) is 0 Å². The maximum absolute atomic E-state index is 13.0. The van der Waals surface area contributed by atoms with Crippen molar-refractivity contribution in [2.45, 2.75) is 32.4 Å². The molecule has 8 nitrogen and oxygen atoms in total. The topological polar surface area (TPSA) is 99.2 Å². The van der Waals surface area contributed by atoms with Gasteiger partial charge in [0, 0.05) is 36.7 Å². The van der Waals surface area contributed by atoms with Gasteiger partial charge in [-0.15, -0.1) is 0 Å². The first kappa shape index (κ1) is 18.2. The highest BCUT2D eigenvalue weighted by Crippen LogP contribution is 2.29. The Balaban J connectivity index is 1.76. The zero-order chi connectivity index (χ0) is 18.7. The molecule has 2 aliphatic rings. The summed E-state index contributed by atoms with van der Waals surface area (Å²) in [5.41, 5.74) is 2.72. The van der Waals surface area contributed by atoms with Crippen molar-refractivity contribution in [1.29, 1.82) is 0 Å². The van der Waals surface area contributed by atoms with Crippen LogP contribution in [0.4, 0.5) is 0 Å². The van der Waals surface area contributed by atoms with Crippen LogP contribution in [0.15, 0.2) is 18.2 Å². The number of carbonyl (C=O) groups excluding carboxylic acids is 3. The maximum atomic E-state index is 13.0. The molecule has 26 heavy (non-hydrogen) atoms. The van der Waals surface area contributed by atoms with Gasteiger partial charge in [0.1, 0.15) is 12.4 Å². The normalized spacial score (nSPS) is 20.6. The molecule has 2 aliphatic heterocycles. The first-order valence-corrected chi connectivity index (χ1v) is 8.73. The molecule has 0 saturated carbocycles. The van der Waals surface area contributed by atoms with E-state index in [-0.39, 0.29) is 17.9 Å². The Labute approximate surface area is 151 Å². The van der Waals surface area contributed by atoms with Crippen LogP contribution in [0, 0.1) is 5.92 Å². The zero-order valence-corrected chi connectivity index (χ0v) is 14.7. The summed E-state index contributed by atoms with van der Waals surface area (Å²) in [6.07, 6.45) is 2.17. The van der Waals surface area contributed by atoms with Gasteiger partial charge >= 0.3 is 0 Å². The number of hydroxylamine groups is 1. The van der Waals surface area contributed by atoms with E-state index < -0.39 is 5.91 Å². The monoisotopic (exact) mass is 361 g/mol. The summed E-state index contributed by atoms with van der Waals surface area (Å²) < 4.78 is 5.79. The molecule has 1 atom stereocenters. The van der Waals surface area contributed by atoms with Gasteiger partial charge < -0.3 is 14.5 Å². The minimum Gasteiger partial charge on any atom is -0.491 e. The number of ether oxygens (including phenoxy) is 1. The summed E-state index contributed by atoms with van der Waals surface area (Å²) >= 11 is 0. The molecule has 2 heterocycles. The molecule has 0 bridgehead atoms. The predicted octanol–water partition coefficient (Wildman–Crippen LogP) is 0.784. The molecule has 3 amide bonds. The smallest absolute Gasteiger partial charge is 0.274 e. The van der Waals surface area contributed by atoms with Crippen molar-refractivity contribution in [2.75, 3.05) is 19.7 Å². The largest absolute Gasteiger partial charge is 0.491 e. The van der Waals surface area contributed by atoms with E-state index in [1.165, 1.54) is 0 Å². The number of amides is 3. The lowest BCUT2D eigenvalue weighted by Gasteiger charge is -2.34. The lowest BCUT2D eigenvalue weighted by molar-refractivity contribution is -0.141. The third-order valence-corrected chi connectivity index (χ3v) is 5.09. The van der Waals surface area contributed by atoms with Crippen molar-refractivity contribution in [3.05, 3.63) is 29.3 Å². The van der Waals surface area contributed by atoms with E-state index in [1.54, 1.807) is 28.6 Å². The lowest BCUT2D eigenvalue weighted by atomic mass is 9.94. The Morgan fingerprint density at radius 2 is 2.04 bits per heavy atom. The third-order valence-electron chi connectivity index (χ3n) is 5.09. The van der Waals surface area contributed by atoms with Crippen molar-refractivity contribution in [1.82, 2.24) is 15.3 Å². The first-order valence-electron chi connectivity index (χ1n) is 8.73. The molecule has 1 fully saturated rings. The quantitative estimate of drug-likeness (QED) is 0.471. The minimum atomic E-state index is -0.608. The molecule has 2 N–H and O–H groups in total. The van der Waals surface area contributed by atoms with Crippen LogP contribution in [-0.4, -0.2) is 59.0 Å². The molecule has 3 rings (SSSR count). The lowest BCUT2D eigenvalue weighted by Crippen LogP contribution is -2.46. The second-order valence-corrected chi connectivity index (χ2v) is 6.81. The highest BCUT2D eigenvalue weighted by Gasteiger charge is 2.32. The number of rotatable bonds is 3. The van der Waals surface area contributed by atoms with Crippen LogP contribution < -0.4 is 10.2 Å². The Bertz CT molecular complexity index is 700. The first-order chi connectivity index (χ1) is 12.5. The van der Waals surface area contributed by atoms with Gasteiger partial charge in [0.15, 0.2) is 0 Å². The van der Waals surface area contributed by atoms with Crippen molar-refractivity contribution >= 4 is 18.2 Å². The number of likely N-dealkylation sites (tertiary alicyclic amines) is 1.